The van der Waals surface area contributed by atoms with Crippen molar-refractivity contribution in [2.24, 2.45) is 17.6 Å². The Hall–Kier alpha value is -1.63. The van der Waals surface area contributed by atoms with Crippen molar-refractivity contribution in [1.29, 1.82) is 0 Å². The quantitative estimate of drug-likeness (QED) is 0.722. The van der Waals surface area contributed by atoms with Crippen molar-refractivity contribution in [2.45, 2.75) is 19.8 Å². The molecule has 2 fully saturated rings. The van der Waals surface area contributed by atoms with E-state index in [1.54, 1.807) is 9.80 Å². The van der Waals surface area contributed by atoms with Crippen molar-refractivity contribution < 1.29 is 19.1 Å². The first-order chi connectivity index (χ1) is 9.99. The Balaban J connectivity index is 2.06. The van der Waals surface area contributed by atoms with Crippen LogP contribution in [0.5, 0.6) is 0 Å². The lowest BCUT2D eigenvalue weighted by Gasteiger charge is -2.29. The smallest absolute Gasteiger partial charge is 0.225 e. The van der Waals surface area contributed by atoms with Crippen molar-refractivity contribution in [2.75, 3.05) is 39.4 Å². The number of hydrogen-bond acceptors (Lipinski definition) is 4. The van der Waals surface area contributed by atoms with Crippen LogP contribution < -0.4 is 5.73 Å². The number of primary amides is 1. The number of carbonyl (C=O) groups is 3. The number of ether oxygens (including phenoxy) is 1. The first kappa shape index (κ1) is 15.8. The molecular formula is C14H23N3O4. The van der Waals surface area contributed by atoms with Gasteiger partial charge in [-0.05, 0) is 12.8 Å². The molecule has 2 heterocycles. The molecule has 2 saturated heterocycles. The van der Waals surface area contributed by atoms with Gasteiger partial charge in [0.05, 0.1) is 5.92 Å². The van der Waals surface area contributed by atoms with Gasteiger partial charge in [0.1, 0.15) is 0 Å². The van der Waals surface area contributed by atoms with Crippen LogP contribution >= 0.6 is 0 Å². The summed E-state index contributed by atoms with van der Waals surface area (Å²) in [5, 5.41) is 0. The summed E-state index contributed by atoms with van der Waals surface area (Å²) in [6, 6.07) is 0. The fourth-order valence-electron chi connectivity index (χ4n) is 2.88. The topological polar surface area (TPSA) is 92.9 Å². The molecule has 2 aliphatic rings. The van der Waals surface area contributed by atoms with E-state index in [9.17, 15) is 14.4 Å². The standard InChI is InChI=1S/C14H23N3O4/c1-10(18)16-4-5-17(9-12(8-16)13(15)19)14(20)11-2-6-21-7-3-11/h11-12H,2-9H2,1H3,(H2,15,19). The molecule has 7 nitrogen and oxygen atoms in total. The van der Waals surface area contributed by atoms with Gasteiger partial charge in [-0.1, -0.05) is 0 Å². The zero-order chi connectivity index (χ0) is 15.4. The second-order valence-electron chi connectivity index (χ2n) is 5.74. The fraction of sp³-hybridized carbons (Fsp3) is 0.786. The molecule has 0 spiro atoms. The lowest BCUT2D eigenvalue weighted by atomic mass is 9.98. The molecule has 3 amide bonds. The third-order valence-corrected chi connectivity index (χ3v) is 4.25. The third kappa shape index (κ3) is 3.93. The van der Waals surface area contributed by atoms with Crippen LogP contribution in [0.1, 0.15) is 19.8 Å². The predicted molar refractivity (Wildman–Crippen MR) is 75.1 cm³/mol. The van der Waals surface area contributed by atoms with Crippen LogP contribution in [0.4, 0.5) is 0 Å². The monoisotopic (exact) mass is 297 g/mol. The molecule has 2 N–H and O–H groups in total. The number of carbonyl (C=O) groups excluding carboxylic acids is 3. The summed E-state index contributed by atoms with van der Waals surface area (Å²) in [5.41, 5.74) is 5.40. The van der Waals surface area contributed by atoms with Crippen LogP contribution in [0.2, 0.25) is 0 Å². The van der Waals surface area contributed by atoms with E-state index in [1.807, 2.05) is 0 Å². The molecule has 2 rings (SSSR count). The van der Waals surface area contributed by atoms with E-state index in [2.05, 4.69) is 0 Å². The van der Waals surface area contributed by atoms with Crippen LogP contribution in [-0.4, -0.2) is 66.9 Å². The molecule has 0 bridgehead atoms. The van der Waals surface area contributed by atoms with Crippen LogP contribution in [0.15, 0.2) is 0 Å². The number of nitrogens with two attached hydrogens (primary N) is 1. The van der Waals surface area contributed by atoms with Gasteiger partial charge in [0, 0.05) is 52.2 Å². The first-order valence-corrected chi connectivity index (χ1v) is 7.40. The summed E-state index contributed by atoms with van der Waals surface area (Å²) >= 11 is 0. The van der Waals surface area contributed by atoms with Crippen molar-refractivity contribution in [3.63, 3.8) is 0 Å². The molecule has 0 radical (unpaired) electrons. The Labute approximate surface area is 124 Å². The fourth-order valence-corrected chi connectivity index (χ4v) is 2.88. The van der Waals surface area contributed by atoms with Gasteiger partial charge in [0.25, 0.3) is 0 Å². The van der Waals surface area contributed by atoms with Gasteiger partial charge >= 0.3 is 0 Å². The summed E-state index contributed by atoms with van der Waals surface area (Å²) in [5.74, 6) is -1.05. The molecule has 0 saturated carbocycles. The van der Waals surface area contributed by atoms with Crippen LogP contribution in [0.3, 0.4) is 0 Å². The maximum absolute atomic E-state index is 12.6. The Bertz CT molecular complexity index is 420. The largest absolute Gasteiger partial charge is 0.381 e. The Morgan fingerprint density at radius 1 is 1.00 bits per heavy atom. The van der Waals surface area contributed by atoms with E-state index in [0.29, 0.717) is 52.2 Å². The number of nitrogens with zero attached hydrogens (tertiary/aromatic N) is 2. The maximum atomic E-state index is 12.6. The molecule has 0 aromatic carbocycles. The van der Waals surface area contributed by atoms with E-state index >= 15 is 0 Å². The highest BCUT2D eigenvalue weighted by atomic mass is 16.5. The minimum Gasteiger partial charge on any atom is -0.381 e. The van der Waals surface area contributed by atoms with E-state index in [1.165, 1.54) is 6.92 Å². The molecule has 2 aliphatic heterocycles. The molecule has 0 aromatic rings. The minimum absolute atomic E-state index is 0.0452. The lowest BCUT2D eigenvalue weighted by Crippen LogP contribution is -2.43. The molecule has 1 atom stereocenters. The predicted octanol–water partition coefficient (Wildman–Crippen LogP) is -0.795. The zero-order valence-electron chi connectivity index (χ0n) is 12.4. The molecule has 0 aromatic heterocycles. The highest BCUT2D eigenvalue weighted by Gasteiger charge is 2.33. The molecule has 1 unspecified atom stereocenters. The van der Waals surface area contributed by atoms with Crippen molar-refractivity contribution in [3.05, 3.63) is 0 Å². The van der Waals surface area contributed by atoms with Gasteiger partial charge < -0.3 is 20.3 Å². The van der Waals surface area contributed by atoms with Gasteiger partial charge in [0.2, 0.25) is 17.7 Å². The van der Waals surface area contributed by atoms with Crippen molar-refractivity contribution in [1.82, 2.24) is 9.80 Å². The van der Waals surface area contributed by atoms with Crippen LogP contribution in [0, 0.1) is 11.8 Å². The number of hydrogen-bond donors (Lipinski definition) is 1. The molecular weight excluding hydrogens is 274 g/mol. The summed E-state index contributed by atoms with van der Waals surface area (Å²) in [4.78, 5) is 38.9. The number of amides is 3. The average molecular weight is 297 g/mol. The van der Waals surface area contributed by atoms with E-state index < -0.39 is 11.8 Å². The zero-order valence-corrected chi connectivity index (χ0v) is 12.4. The maximum Gasteiger partial charge on any atom is 0.225 e. The summed E-state index contributed by atoms with van der Waals surface area (Å²) in [6.07, 6.45) is 1.43. The van der Waals surface area contributed by atoms with Crippen LogP contribution in [0.25, 0.3) is 0 Å². The normalized spacial score (nSPS) is 24.5. The summed E-state index contributed by atoms with van der Waals surface area (Å²) in [7, 11) is 0. The molecule has 118 valence electrons. The van der Waals surface area contributed by atoms with Gasteiger partial charge in [-0.3, -0.25) is 14.4 Å². The van der Waals surface area contributed by atoms with Crippen molar-refractivity contribution >= 4 is 17.7 Å². The highest BCUT2D eigenvalue weighted by molar-refractivity contribution is 5.82. The lowest BCUT2D eigenvalue weighted by molar-refractivity contribution is -0.139. The van der Waals surface area contributed by atoms with Crippen molar-refractivity contribution in [3.8, 4) is 0 Å². The second kappa shape index (κ2) is 6.89. The minimum atomic E-state index is -0.500. The molecule has 21 heavy (non-hydrogen) atoms. The summed E-state index contributed by atoms with van der Waals surface area (Å²) < 4.78 is 5.27. The number of rotatable bonds is 2. The Morgan fingerprint density at radius 2 is 1.57 bits per heavy atom. The van der Waals surface area contributed by atoms with Crippen LogP contribution in [-0.2, 0) is 19.1 Å². The highest BCUT2D eigenvalue weighted by Crippen LogP contribution is 2.20. The van der Waals surface area contributed by atoms with E-state index in [-0.39, 0.29) is 17.7 Å². The van der Waals surface area contributed by atoms with Gasteiger partial charge in [-0.2, -0.15) is 0 Å². The van der Waals surface area contributed by atoms with Gasteiger partial charge in [0.15, 0.2) is 0 Å². The van der Waals surface area contributed by atoms with Gasteiger partial charge in [-0.25, -0.2) is 0 Å². The molecule has 7 heteroatoms. The molecule has 0 aliphatic carbocycles. The van der Waals surface area contributed by atoms with E-state index in [4.69, 9.17) is 10.5 Å². The first-order valence-electron chi connectivity index (χ1n) is 7.40. The summed E-state index contributed by atoms with van der Waals surface area (Å²) in [6.45, 7) is 4.17. The Kier molecular flexibility index (Phi) is 5.17. The van der Waals surface area contributed by atoms with Gasteiger partial charge in [-0.15, -0.1) is 0 Å². The Morgan fingerprint density at radius 3 is 2.14 bits per heavy atom. The average Bonchev–Trinajstić information content (AvgIpc) is 2.70. The SMILES string of the molecule is CC(=O)N1CCN(C(=O)C2CCOCC2)CC(C(N)=O)C1. The van der Waals surface area contributed by atoms with E-state index in [0.717, 1.165) is 0 Å². The second-order valence-corrected chi connectivity index (χ2v) is 5.74. The third-order valence-electron chi connectivity index (χ3n) is 4.25.